The zero-order valence-corrected chi connectivity index (χ0v) is 21.0. The lowest BCUT2D eigenvalue weighted by Gasteiger charge is -2.40. The third kappa shape index (κ3) is 5.48. The van der Waals surface area contributed by atoms with E-state index in [2.05, 4.69) is 17.1 Å². The van der Waals surface area contributed by atoms with E-state index in [1.54, 1.807) is 17.0 Å². The summed E-state index contributed by atoms with van der Waals surface area (Å²) in [7, 11) is 0. The monoisotopic (exact) mass is 482 g/mol. The molecule has 2 aliphatic heterocycles. The Labute approximate surface area is 205 Å². The molecule has 3 N–H and O–H groups in total. The van der Waals surface area contributed by atoms with Crippen LogP contribution in [0.15, 0.2) is 24.3 Å². The Hall–Kier alpha value is -3.40. The van der Waals surface area contributed by atoms with E-state index < -0.39 is 11.6 Å². The molecular weight excluding hydrogens is 448 g/mol. The van der Waals surface area contributed by atoms with E-state index in [4.69, 9.17) is 25.2 Å². The summed E-state index contributed by atoms with van der Waals surface area (Å²) in [6.45, 7) is 12.2. The number of nitrogens with two attached hydrogens (primary N) is 1. The molecule has 1 aromatic heterocycles. The number of carbonyl (C=O) groups is 2. The van der Waals surface area contributed by atoms with Crippen molar-refractivity contribution in [2.75, 3.05) is 36.5 Å². The number of morpholine rings is 1. The van der Waals surface area contributed by atoms with Crippen LogP contribution in [-0.2, 0) is 15.9 Å². The number of rotatable bonds is 3. The first-order valence-electron chi connectivity index (χ1n) is 11.9. The Morgan fingerprint density at radius 1 is 1.14 bits per heavy atom. The van der Waals surface area contributed by atoms with E-state index in [-0.39, 0.29) is 18.2 Å². The van der Waals surface area contributed by atoms with Gasteiger partial charge in [0.25, 0.3) is 0 Å². The highest BCUT2D eigenvalue weighted by Crippen LogP contribution is 2.37. The maximum absolute atomic E-state index is 12.9. The number of nitrogens with one attached hydrogen (secondary N) is 1. The van der Waals surface area contributed by atoms with Crippen LogP contribution in [0.5, 0.6) is 0 Å². The van der Waals surface area contributed by atoms with Crippen LogP contribution in [0.1, 0.15) is 51.9 Å². The van der Waals surface area contributed by atoms with E-state index in [0.29, 0.717) is 37.7 Å². The number of hydrogen-bond donors (Lipinski definition) is 2. The van der Waals surface area contributed by atoms with Gasteiger partial charge in [0.2, 0.25) is 0 Å². The van der Waals surface area contributed by atoms with Gasteiger partial charge in [-0.3, -0.25) is 4.90 Å². The van der Waals surface area contributed by atoms with Crippen molar-refractivity contribution < 1.29 is 19.1 Å². The van der Waals surface area contributed by atoms with E-state index >= 15 is 0 Å². The van der Waals surface area contributed by atoms with Crippen LogP contribution >= 0.6 is 0 Å². The van der Waals surface area contributed by atoms with Crippen molar-refractivity contribution in [1.29, 1.82) is 0 Å². The Kier molecular flexibility index (Phi) is 6.84. The maximum atomic E-state index is 12.9. The number of urea groups is 1. The number of ether oxygens (including phenoxy) is 2. The Balaban J connectivity index is 1.76. The van der Waals surface area contributed by atoms with Crippen molar-refractivity contribution in [3.8, 4) is 11.4 Å². The largest absolute Gasteiger partial charge is 0.444 e. The normalized spacial score (nSPS) is 20.3. The van der Waals surface area contributed by atoms with Crippen LogP contribution in [0.2, 0.25) is 0 Å². The number of aromatic nitrogens is 2. The predicted molar refractivity (Wildman–Crippen MR) is 133 cm³/mol. The third-order valence-electron chi connectivity index (χ3n) is 6.16. The summed E-state index contributed by atoms with van der Waals surface area (Å²) in [4.78, 5) is 38.0. The molecule has 3 heterocycles. The highest BCUT2D eigenvalue weighted by Gasteiger charge is 2.36. The highest BCUT2D eigenvalue weighted by atomic mass is 16.6. The lowest BCUT2D eigenvalue weighted by atomic mass is 9.98. The molecule has 0 aliphatic carbocycles. The van der Waals surface area contributed by atoms with Gasteiger partial charge in [-0.15, -0.1) is 0 Å². The van der Waals surface area contributed by atoms with Crippen LogP contribution in [-0.4, -0.2) is 64.9 Å². The zero-order chi connectivity index (χ0) is 25.3. The average Bonchev–Trinajstić information content (AvgIpc) is 2.78. The molecule has 10 heteroatoms. The third-order valence-corrected chi connectivity index (χ3v) is 6.16. The van der Waals surface area contributed by atoms with Crippen LogP contribution in [0.4, 0.5) is 21.1 Å². The molecule has 3 amide bonds. The minimum Gasteiger partial charge on any atom is -0.444 e. The zero-order valence-electron chi connectivity index (χ0n) is 21.0. The summed E-state index contributed by atoms with van der Waals surface area (Å²) >= 11 is 0. The molecule has 0 radical (unpaired) electrons. The fourth-order valence-corrected chi connectivity index (χ4v) is 4.47. The first-order chi connectivity index (χ1) is 16.5. The average molecular weight is 483 g/mol. The summed E-state index contributed by atoms with van der Waals surface area (Å²) in [6.07, 6.45) is 0.291. The molecule has 1 aromatic carbocycles. The Bertz CT molecular complexity index is 1100. The van der Waals surface area contributed by atoms with E-state index in [1.165, 1.54) is 0 Å². The number of nitrogens with zero attached hydrogens (tertiary/aromatic N) is 4. The van der Waals surface area contributed by atoms with Crippen molar-refractivity contribution in [2.45, 2.75) is 58.7 Å². The minimum absolute atomic E-state index is 0.164. The fraction of sp³-hybridized carbons (Fsp3) is 0.520. The molecule has 4 rings (SSSR count). The molecule has 1 fully saturated rings. The molecule has 10 nitrogen and oxygen atoms in total. The lowest BCUT2D eigenvalue weighted by molar-refractivity contribution is 0.0154. The van der Waals surface area contributed by atoms with Gasteiger partial charge in [-0.05, 0) is 65.3 Å². The van der Waals surface area contributed by atoms with Crippen molar-refractivity contribution in [1.82, 2.24) is 14.9 Å². The summed E-state index contributed by atoms with van der Waals surface area (Å²) in [5.74, 6) is 1.44. The quantitative estimate of drug-likeness (QED) is 0.683. The molecule has 1 saturated heterocycles. The van der Waals surface area contributed by atoms with Crippen LogP contribution in [0.25, 0.3) is 11.4 Å². The molecule has 35 heavy (non-hydrogen) atoms. The van der Waals surface area contributed by atoms with Gasteiger partial charge >= 0.3 is 12.1 Å². The Morgan fingerprint density at radius 2 is 1.86 bits per heavy atom. The summed E-state index contributed by atoms with van der Waals surface area (Å²) in [5, 5.41) is 2.56. The molecule has 2 atom stereocenters. The summed E-state index contributed by atoms with van der Waals surface area (Å²) < 4.78 is 11.3. The SMILES string of the molecule is C[C@H]1c2nc(-c3ccc(NC(N)=O)cc3)nc(N3CCOC[C@@H]3C)c2CCN1C(=O)OC(C)(C)C. The standard InChI is InChI=1S/C25H34N6O4/c1-15-14-34-13-12-30(15)22-19-10-11-31(24(33)35-25(3,4)5)16(2)20(19)28-21(29-22)17-6-8-18(9-7-17)27-23(26)32/h6-9,15-16H,10-14H2,1-5H3,(H3,26,27,32)/t15-,16-/m0/s1. The number of anilines is 2. The smallest absolute Gasteiger partial charge is 0.410 e. The lowest BCUT2D eigenvalue weighted by Crippen LogP contribution is -2.46. The van der Waals surface area contributed by atoms with Gasteiger partial charge in [0.05, 0.1) is 31.0 Å². The first kappa shape index (κ1) is 24.7. The van der Waals surface area contributed by atoms with Gasteiger partial charge in [0.15, 0.2) is 5.82 Å². The van der Waals surface area contributed by atoms with Gasteiger partial charge in [-0.25, -0.2) is 19.6 Å². The van der Waals surface area contributed by atoms with E-state index in [1.807, 2.05) is 39.8 Å². The number of primary amides is 1. The highest BCUT2D eigenvalue weighted by molar-refractivity contribution is 5.88. The number of benzene rings is 1. The van der Waals surface area contributed by atoms with Crippen LogP contribution in [0.3, 0.4) is 0 Å². The maximum Gasteiger partial charge on any atom is 0.410 e. The van der Waals surface area contributed by atoms with Crippen LogP contribution < -0.4 is 16.0 Å². The fourth-order valence-electron chi connectivity index (χ4n) is 4.47. The number of carbonyl (C=O) groups excluding carboxylic acids is 2. The van der Waals surface area contributed by atoms with Gasteiger partial charge in [0, 0.05) is 29.9 Å². The number of hydrogen-bond acceptors (Lipinski definition) is 7. The van der Waals surface area contributed by atoms with Gasteiger partial charge in [-0.2, -0.15) is 0 Å². The first-order valence-corrected chi connectivity index (χ1v) is 11.9. The summed E-state index contributed by atoms with van der Waals surface area (Å²) in [5.41, 5.74) is 7.91. The molecule has 188 valence electrons. The molecular formula is C25H34N6O4. The second kappa shape index (κ2) is 9.69. The predicted octanol–water partition coefficient (Wildman–Crippen LogP) is 3.71. The van der Waals surface area contributed by atoms with Gasteiger partial charge in [-0.1, -0.05) is 0 Å². The molecule has 2 aliphatic rings. The van der Waals surface area contributed by atoms with Crippen molar-refractivity contribution in [2.24, 2.45) is 5.73 Å². The van der Waals surface area contributed by atoms with Gasteiger partial charge in [0.1, 0.15) is 11.4 Å². The van der Waals surface area contributed by atoms with Crippen molar-refractivity contribution in [3.05, 3.63) is 35.5 Å². The van der Waals surface area contributed by atoms with Crippen LogP contribution in [0, 0.1) is 0 Å². The Morgan fingerprint density at radius 3 is 2.49 bits per heavy atom. The summed E-state index contributed by atoms with van der Waals surface area (Å²) in [6, 6.07) is 6.48. The topological polar surface area (TPSA) is 123 Å². The second-order valence-corrected chi connectivity index (χ2v) is 10.0. The van der Waals surface area contributed by atoms with E-state index in [9.17, 15) is 9.59 Å². The number of fused-ring (bicyclic) bond motifs is 1. The molecule has 0 spiro atoms. The second-order valence-electron chi connectivity index (χ2n) is 10.0. The number of amides is 3. The van der Waals surface area contributed by atoms with Crippen molar-refractivity contribution >= 4 is 23.6 Å². The molecule has 2 aromatic rings. The minimum atomic E-state index is -0.623. The van der Waals surface area contributed by atoms with Crippen molar-refractivity contribution in [3.63, 3.8) is 0 Å². The van der Waals surface area contributed by atoms with E-state index in [0.717, 1.165) is 29.2 Å². The van der Waals surface area contributed by atoms with Gasteiger partial charge < -0.3 is 25.4 Å². The molecule has 0 saturated carbocycles. The molecule has 0 unspecified atom stereocenters. The molecule has 0 bridgehead atoms.